The molecule has 0 spiro atoms. The van der Waals surface area contributed by atoms with Crippen LogP contribution in [0.1, 0.15) is 5.56 Å². The molecule has 0 unspecified atom stereocenters. The van der Waals surface area contributed by atoms with Crippen LogP contribution >= 0.6 is 11.6 Å². The molecule has 0 saturated heterocycles. The van der Waals surface area contributed by atoms with Crippen molar-refractivity contribution in [3.8, 4) is 0 Å². The van der Waals surface area contributed by atoms with Gasteiger partial charge in [0.2, 0.25) is 5.91 Å². The van der Waals surface area contributed by atoms with E-state index in [2.05, 4.69) is 10.6 Å². The second kappa shape index (κ2) is 7.76. The lowest BCUT2D eigenvalue weighted by Gasteiger charge is -2.07. The molecule has 0 aliphatic carbocycles. The Kier molecular flexibility index (Phi) is 5.72. The fourth-order valence-corrected chi connectivity index (χ4v) is 2.10. The van der Waals surface area contributed by atoms with Crippen LogP contribution in [0.2, 0.25) is 5.02 Å². The van der Waals surface area contributed by atoms with Crippen LogP contribution in [0.3, 0.4) is 0 Å². The van der Waals surface area contributed by atoms with Crippen molar-refractivity contribution in [2.24, 2.45) is 0 Å². The van der Waals surface area contributed by atoms with Crippen LogP contribution in [-0.4, -0.2) is 19.0 Å². The number of anilines is 1. The van der Waals surface area contributed by atoms with E-state index in [4.69, 9.17) is 11.6 Å². The number of hydrogen-bond acceptors (Lipinski definition) is 2. The zero-order valence-corrected chi connectivity index (χ0v) is 12.2. The average molecular weight is 307 g/mol. The lowest BCUT2D eigenvalue weighted by atomic mass is 10.1. The maximum Gasteiger partial charge on any atom is 0.238 e. The predicted molar refractivity (Wildman–Crippen MR) is 83.1 cm³/mol. The minimum atomic E-state index is -0.440. The first kappa shape index (κ1) is 15.5. The number of hydrogen-bond donors (Lipinski definition) is 2. The van der Waals surface area contributed by atoms with Crippen molar-refractivity contribution in [3.05, 3.63) is 64.9 Å². The van der Waals surface area contributed by atoms with Gasteiger partial charge in [0.1, 0.15) is 5.82 Å². The third kappa shape index (κ3) is 5.17. The normalized spacial score (nSPS) is 10.4. The molecule has 0 aliphatic rings. The van der Waals surface area contributed by atoms with Gasteiger partial charge in [-0.1, -0.05) is 35.9 Å². The largest absolute Gasteiger partial charge is 0.322 e. The summed E-state index contributed by atoms with van der Waals surface area (Å²) in [6, 6.07) is 13.7. The fraction of sp³-hybridized carbons (Fsp3) is 0.188. The van der Waals surface area contributed by atoms with Crippen LogP contribution in [0.15, 0.2) is 48.5 Å². The van der Waals surface area contributed by atoms with Crippen molar-refractivity contribution >= 4 is 23.2 Å². The highest BCUT2D eigenvalue weighted by molar-refractivity contribution is 6.30. The zero-order valence-electron chi connectivity index (χ0n) is 11.4. The molecule has 1 amide bonds. The molecule has 2 aromatic carbocycles. The number of halogens is 2. The lowest BCUT2D eigenvalue weighted by Crippen LogP contribution is -2.29. The summed E-state index contributed by atoms with van der Waals surface area (Å²) in [5, 5.41) is 6.23. The summed E-state index contributed by atoms with van der Waals surface area (Å²) in [4.78, 5) is 11.7. The first-order chi connectivity index (χ1) is 10.1. The summed E-state index contributed by atoms with van der Waals surface area (Å²) in [6.07, 6.45) is 0.771. The van der Waals surface area contributed by atoms with E-state index in [0.29, 0.717) is 11.6 Å². The van der Waals surface area contributed by atoms with Crippen molar-refractivity contribution in [1.82, 2.24) is 5.32 Å². The molecule has 0 bridgehead atoms. The molecule has 2 aromatic rings. The summed E-state index contributed by atoms with van der Waals surface area (Å²) >= 11 is 5.89. The average Bonchev–Trinajstić information content (AvgIpc) is 2.46. The number of para-hydroxylation sites is 1. The second-order valence-corrected chi connectivity index (χ2v) is 5.02. The monoisotopic (exact) mass is 306 g/mol. The Morgan fingerprint density at radius 2 is 1.95 bits per heavy atom. The van der Waals surface area contributed by atoms with Gasteiger partial charge in [-0.25, -0.2) is 4.39 Å². The van der Waals surface area contributed by atoms with Crippen molar-refractivity contribution < 1.29 is 9.18 Å². The molecule has 2 rings (SSSR count). The molecule has 0 fully saturated rings. The van der Waals surface area contributed by atoms with E-state index in [-0.39, 0.29) is 18.1 Å². The van der Waals surface area contributed by atoms with Crippen LogP contribution in [0.25, 0.3) is 0 Å². The molecule has 5 heteroatoms. The quantitative estimate of drug-likeness (QED) is 0.804. The van der Waals surface area contributed by atoms with E-state index < -0.39 is 5.82 Å². The van der Waals surface area contributed by atoms with Gasteiger partial charge < -0.3 is 10.6 Å². The summed E-state index contributed by atoms with van der Waals surface area (Å²) in [5.41, 5.74) is 1.30. The van der Waals surface area contributed by atoms with E-state index in [0.717, 1.165) is 12.0 Å². The Morgan fingerprint density at radius 1 is 1.14 bits per heavy atom. The summed E-state index contributed by atoms with van der Waals surface area (Å²) in [6.45, 7) is 0.778. The van der Waals surface area contributed by atoms with Gasteiger partial charge in [-0.05, 0) is 42.8 Å². The molecule has 0 saturated carbocycles. The topological polar surface area (TPSA) is 41.1 Å². The van der Waals surface area contributed by atoms with E-state index in [1.165, 1.54) is 12.1 Å². The molecule has 21 heavy (non-hydrogen) atoms. The minimum Gasteiger partial charge on any atom is -0.322 e. The molecular formula is C16H16ClFN2O. The molecule has 0 atom stereocenters. The van der Waals surface area contributed by atoms with Crippen molar-refractivity contribution in [2.75, 3.05) is 18.4 Å². The van der Waals surface area contributed by atoms with E-state index >= 15 is 0 Å². The number of nitrogens with one attached hydrogen (secondary N) is 2. The maximum atomic E-state index is 13.3. The van der Waals surface area contributed by atoms with Crippen molar-refractivity contribution in [1.29, 1.82) is 0 Å². The summed E-state index contributed by atoms with van der Waals surface area (Å²) in [7, 11) is 0. The maximum absolute atomic E-state index is 13.3. The minimum absolute atomic E-state index is 0.134. The van der Waals surface area contributed by atoms with Crippen LogP contribution in [-0.2, 0) is 11.2 Å². The van der Waals surface area contributed by atoms with Gasteiger partial charge in [0.05, 0.1) is 12.2 Å². The molecule has 0 aromatic heterocycles. The first-order valence-electron chi connectivity index (χ1n) is 6.65. The molecular weight excluding hydrogens is 291 g/mol. The second-order valence-electron chi connectivity index (χ2n) is 4.58. The molecule has 0 aliphatic heterocycles. The first-order valence-corrected chi connectivity index (χ1v) is 7.02. The predicted octanol–water partition coefficient (Wildman–Crippen LogP) is 3.25. The van der Waals surface area contributed by atoms with Gasteiger partial charge in [0.25, 0.3) is 0 Å². The highest BCUT2D eigenvalue weighted by Gasteiger charge is 2.05. The molecule has 3 nitrogen and oxygen atoms in total. The van der Waals surface area contributed by atoms with Crippen LogP contribution < -0.4 is 10.6 Å². The van der Waals surface area contributed by atoms with Gasteiger partial charge >= 0.3 is 0 Å². The highest BCUT2D eigenvalue weighted by Crippen LogP contribution is 2.12. The Bertz CT molecular complexity index is 619. The Hall–Kier alpha value is -1.91. The summed E-state index contributed by atoms with van der Waals surface area (Å²) in [5.74, 6) is -0.712. The van der Waals surface area contributed by atoms with Gasteiger partial charge in [-0.15, -0.1) is 0 Å². The van der Waals surface area contributed by atoms with Gasteiger partial charge in [0, 0.05) is 5.02 Å². The molecule has 110 valence electrons. The van der Waals surface area contributed by atoms with Crippen LogP contribution in [0, 0.1) is 5.82 Å². The standard InChI is InChI=1S/C16H16ClFN2O/c17-13-5-3-4-12(10-13)8-9-19-11-16(21)20-15-7-2-1-6-14(15)18/h1-7,10,19H,8-9,11H2,(H,20,21). The lowest BCUT2D eigenvalue weighted by molar-refractivity contribution is -0.115. The fourth-order valence-electron chi connectivity index (χ4n) is 1.88. The van der Waals surface area contributed by atoms with Crippen LogP contribution in [0.4, 0.5) is 10.1 Å². The Morgan fingerprint density at radius 3 is 2.71 bits per heavy atom. The van der Waals surface area contributed by atoms with Gasteiger partial charge in [-0.3, -0.25) is 4.79 Å². The van der Waals surface area contributed by atoms with E-state index in [9.17, 15) is 9.18 Å². The SMILES string of the molecule is O=C(CNCCc1cccc(Cl)c1)Nc1ccccc1F. The third-order valence-electron chi connectivity index (χ3n) is 2.91. The number of rotatable bonds is 6. The van der Waals surface area contributed by atoms with Crippen molar-refractivity contribution in [3.63, 3.8) is 0 Å². The molecule has 2 N–H and O–H groups in total. The third-order valence-corrected chi connectivity index (χ3v) is 3.15. The smallest absolute Gasteiger partial charge is 0.238 e. The molecule has 0 radical (unpaired) electrons. The van der Waals surface area contributed by atoms with Crippen molar-refractivity contribution in [2.45, 2.75) is 6.42 Å². The van der Waals surface area contributed by atoms with E-state index in [1.807, 2.05) is 24.3 Å². The number of amides is 1. The Labute approximate surface area is 128 Å². The Balaban J connectivity index is 1.71. The highest BCUT2D eigenvalue weighted by atomic mass is 35.5. The van der Waals surface area contributed by atoms with Crippen LogP contribution in [0.5, 0.6) is 0 Å². The zero-order chi connectivity index (χ0) is 15.1. The van der Waals surface area contributed by atoms with Gasteiger partial charge in [0.15, 0.2) is 0 Å². The molecule has 0 heterocycles. The number of carbonyl (C=O) groups excluding carboxylic acids is 1. The van der Waals surface area contributed by atoms with Gasteiger partial charge in [-0.2, -0.15) is 0 Å². The number of carbonyl (C=O) groups is 1. The summed E-state index contributed by atoms with van der Waals surface area (Å²) < 4.78 is 13.3. The number of benzene rings is 2. The van der Waals surface area contributed by atoms with E-state index in [1.54, 1.807) is 12.1 Å².